The maximum atomic E-state index is 5.82. The number of unbranched alkanes of at least 4 members (excludes halogenated alkanes) is 1. The molecule has 0 unspecified atom stereocenters. The van der Waals surface area contributed by atoms with E-state index in [2.05, 4.69) is 12.2 Å². The molecule has 16 heavy (non-hydrogen) atoms. The Morgan fingerprint density at radius 3 is 2.81 bits per heavy atom. The van der Waals surface area contributed by atoms with E-state index >= 15 is 0 Å². The van der Waals surface area contributed by atoms with Gasteiger partial charge in [-0.3, -0.25) is 0 Å². The van der Waals surface area contributed by atoms with Crippen molar-refractivity contribution in [1.82, 2.24) is 0 Å². The van der Waals surface area contributed by atoms with Crippen molar-refractivity contribution in [2.75, 3.05) is 30.8 Å². The fourth-order valence-corrected chi connectivity index (χ4v) is 1.37. The molecule has 0 spiro atoms. The molecule has 1 aromatic rings. The molecule has 0 fully saturated rings. The summed E-state index contributed by atoms with van der Waals surface area (Å²) in [5.41, 5.74) is 8.82. The Labute approximate surface area is 98.0 Å². The molecule has 0 saturated heterocycles. The SMILES string of the molecule is CCCCOCCNc1ccc(C)c(N)c1. The predicted octanol–water partition coefficient (Wildman–Crippen LogP) is 2.81. The first-order valence-electron chi connectivity index (χ1n) is 5.91. The van der Waals surface area contributed by atoms with Gasteiger partial charge in [0.05, 0.1) is 6.61 Å². The van der Waals surface area contributed by atoms with Gasteiger partial charge in [-0.25, -0.2) is 0 Å². The van der Waals surface area contributed by atoms with E-state index in [0.717, 1.165) is 43.1 Å². The van der Waals surface area contributed by atoms with Crippen molar-refractivity contribution in [1.29, 1.82) is 0 Å². The molecule has 1 aromatic carbocycles. The first-order valence-corrected chi connectivity index (χ1v) is 5.91. The number of hydrogen-bond acceptors (Lipinski definition) is 3. The number of ether oxygens (including phenoxy) is 1. The smallest absolute Gasteiger partial charge is 0.0639 e. The molecular formula is C13H22N2O. The molecule has 0 aliphatic carbocycles. The first kappa shape index (κ1) is 12.8. The van der Waals surface area contributed by atoms with Crippen molar-refractivity contribution in [2.45, 2.75) is 26.7 Å². The van der Waals surface area contributed by atoms with E-state index < -0.39 is 0 Å². The summed E-state index contributed by atoms with van der Waals surface area (Å²) in [6, 6.07) is 6.02. The van der Waals surface area contributed by atoms with E-state index in [0.29, 0.717) is 0 Å². The summed E-state index contributed by atoms with van der Waals surface area (Å²) in [6.45, 7) is 6.60. The van der Waals surface area contributed by atoms with E-state index in [4.69, 9.17) is 10.5 Å². The van der Waals surface area contributed by atoms with Crippen LogP contribution in [0.1, 0.15) is 25.3 Å². The molecule has 0 bridgehead atoms. The highest BCUT2D eigenvalue weighted by atomic mass is 16.5. The summed E-state index contributed by atoms with van der Waals surface area (Å²) in [4.78, 5) is 0. The van der Waals surface area contributed by atoms with Crippen molar-refractivity contribution >= 4 is 11.4 Å². The summed E-state index contributed by atoms with van der Waals surface area (Å²) < 4.78 is 5.46. The Morgan fingerprint density at radius 1 is 1.31 bits per heavy atom. The summed E-state index contributed by atoms with van der Waals surface area (Å²) in [5, 5.41) is 3.28. The van der Waals surface area contributed by atoms with Gasteiger partial charge in [0.1, 0.15) is 0 Å². The summed E-state index contributed by atoms with van der Waals surface area (Å²) in [5.74, 6) is 0. The highest BCUT2D eigenvalue weighted by Gasteiger charge is 1.96. The van der Waals surface area contributed by atoms with Crippen molar-refractivity contribution in [3.63, 3.8) is 0 Å². The van der Waals surface area contributed by atoms with Gasteiger partial charge in [-0.2, -0.15) is 0 Å². The zero-order valence-corrected chi connectivity index (χ0v) is 10.3. The third-order valence-corrected chi connectivity index (χ3v) is 2.50. The Bertz CT molecular complexity index is 313. The van der Waals surface area contributed by atoms with Gasteiger partial charge in [0, 0.05) is 24.5 Å². The first-order chi connectivity index (χ1) is 7.74. The Hall–Kier alpha value is -1.22. The van der Waals surface area contributed by atoms with Crippen molar-refractivity contribution in [3.8, 4) is 0 Å². The molecule has 0 aliphatic rings. The van der Waals surface area contributed by atoms with Crippen LogP contribution in [0.5, 0.6) is 0 Å². The minimum Gasteiger partial charge on any atom is -0.398 e. The third kappa shape index (κ3) is 4.53. The predicted molar refractivity (Wildman–Crippen MR) is 69.8 cm³/mol. The van der Waals surface area contributed by atoms with Crippen LogP contribution in [-0.4, -0.2) is 19.8 Å². The molecule has 0 atom stereocenters. The standard InChI is InChI=1S/C13H22N2O/c1-3-4-8-16-9-7-15-12-6-5-11(2)13(14)10-12/h5-6,10,15H,3-4,7-9,14H2,1-2H3. The van der Waals surface area contributed by atoms with E-state index in [1.807, 2.05) is 25.1 Å². The van der Waals surface area contributed by atoms with E-state index in [1.54, 1.807) is 0 Å². The van der Waals surface area contributed by atoms with Gasteiger partial charge < -0.3 is 15.8 Å². The number of aryl methyl sites for hydroxylation is 1. The van der Waals surface area contributed by atoms with Gasteiger partial charge in [-0.1, -0.05) is 19.4 Å². The van der Waals surface area contributed by atoms with Gasteiger partial charge in [0.25, 0.3) is 0 Å². The monoisotopic (exact) mass is 222 g/mol. The summed E-state index contributed by atoms with van der Waals surface area (Å²) >= 11 is 0. The molecule has 3 N–H and O–H groups in total. The van der Waals surface area contributed by atoms with Crippen LogP contribution in [0, 0.1) is 6.92 Å². The van der Waals surface area contributed by atoms with Crippen LogP contribution in [0.4, 0.5) is 11.4 Å². The number of nitrogen functional groups attached to an aromatic ring is 1. The van der Waals surface area contributed by atoms with Crippen LogP contribution in [0.2, 0.25) is 0 Å². The maximum absolute atomic E-state index is 5.82. The van der Waals surface area contributed by atoms with Crippen molar-refractivity contribution in [3.05, 3.63) is 23.8 Å². The molecule has 3 nitrogen and oxygen atoms in total. The zero-order valence-electron chi connectivity index (χ0n) is 10.3. The Balaban J connectivity index is 2.19. The average Bonchev–Trinajstić information content (AvgIpc) is 2.28. The number of nitrogens with two attached hydrogens (primary N) is 1. The van der Waals surface area contributed by atoms with Crippen LogP contribution in [0.15, 0.2) is 18.2 Å². The maximum Gasteiger partial charge on any atom is 0.0639 e. The van der Waals surface area contributed by atoms with Crippen molar-refractivity contribution < 1.29 is 4.74 Å². The van der Waals surface area contributed by atoms with E-state index in [-0.39, 0.29) is 0 Å². The van der Waals surface area contributed by atoms with E-state index in [9.17, 15) is 0 Å². The van der Waals surface area contributed by atoms with Crippen molar-refractivity contribution in [2.24, 2.45) is 0 Å². The number of nitrogens with one attached hydrogen (secondary N) is 1. The molecule has 3 heteroatoms. The Morgan fingerprint density at radius 2 is 2.12 bits per heavy atom. The fourth-order valence-electron chi connectivity index (χ4n) is 1.37. The average molecular weight is 222 g/mol. The normalized spacial score (nSPS) is 10.4. The Kier molecular flexibility index (Phi) is 5.72. The second-order valence-electron chi connectivity index (χ2n) is 3.96. The van der Waals surface area contributed by atoms with Gasteiger partial charge in [0.15, 0.2) is 0 Å². The lowest BCUT2D eigenvalue weighted by Gasteiger charge is -2.08. The molecule has 0 aliphatic heterocycles. The van der Waals surface area contributed by atoms with Crippen LogP contribution >= 0.6 is 0 Å². The van der Waals surface area contributed by atoms with Crippen LogP contribution in [-0.2, 0) is 4.74 Å². The largest absolute Gasteiger partial charge is 0.398 e. The lowest BCUT2D eigenvalue weighted by molar-refractivity contribution is 0.141. The molecule has 0 radical (unpaired) electrons. The highest BCUT2D eigenvalue weighted by molar-refractivity contribution is 5.58. The topological polar surface area (TPSA) is 47.3 Å². The van der Waals surface area contributed by atoms with Gasteiger partial charge >= 0.3 is 0 Å². The minimum absolute atomic E-state index is 0.744. The lowest BCUT2D eigenvalue weighted by atomic mass is 10.2. The number of benzene rings is 1. The quantitative estimate of drug-likeness (QED) is 0.551. The van der Waals surface area contributed by atoms with E-state index in [1.165, 1.54) is 6.42 Å². The summed E-state index contributed by atoms with van der Waals surface area (Å²) in [6.07, 6.45) is 2.32. The van der Waals surface area contributed by atoms with Gasteiger partial charge in [0.2, 0.25) is 0 Å². The molecule has 0 heterocycles. The molecule has 90 valence electrons. The van der Waals surface area contributed by atoms with Gasteiger partial charge in [-0.15, -0.1) is 0 Å². The number of hydrogen-bond donors (Lipinski definition) is 2. The third-order valence-electron chi connectivity index (χ3n) is 2.50. The zero-order chi connectivity index (χ0) is 11.8. The molecular weight excluding hydrogens is 200 g/mol. The molecule has 1 rings (SSSR count). The second-order valence-corrected chi connectivity index (χ2v) is 3.96. The summed E-state index contributed by atoms with van der Waals surface area (Å²) in [7, 11) is 0. The molecule has 0 aromatic heterocycles. The fraction of sp³-hybridized carbons (Fsp3) is 0.538. The minimum atomic E-state index is 0.744. The van der Waals surface area contributed by atoms with Crippen LogP contribution < -0.4 is 11.1 Å². The lowest BCUT2D eigenvalue weighted by Crippen LogP contribution is -2.10. The van der Waals surface area contributed by atoms with Crippen LogP contribution in [0.3, 0.4) is 0 Å². The molecule has 0 amide bonds. The number of anilines is 2. The molecule has 0 saturated carbocycles. The van der Waals surface area contributed by atoms with Crippen LogP contribution in [0.25, 0.3) is 0 Å². The highest BCUT2D eigenvalue weighted by Crippen LogP contribution is 2.16. The number of rotatable bonds is 7. The second kappa shape index (κ2) is 7.12. The van der Waals surface area contributed by atoms with Gasteiger partial charge in [-0.05, 0) is 31.0 Å².